The standard InChI is InChI=1S/C16H26N2O/c1-4-14-7-5-6-8-18(14)16-10-13(11-19)9-15(17-16)12(2)3/h9-10,12,14,19H,4-8,11H2,1-3H3. The van der Waals surface area contributed by atoms with Crippen LogP contribution < -0.4 is 4.90 Å². The number of hydrogen-bond acceptors (Lipinski definition) is 3. The molecular formula is C16H26N2O. The van der Waals surface area contributed by atoms with Crippen molar-refractivity contribution in [1.82, 2.24) is 4.98 Å². The fourth-order valence-corrected chi connectivity index (χ4v) is 2.86. The Morgan fingerprint density at radius 2 is 2.16 bits per heavy atom. The molecule has 106 valence electrons. The second kappa shape index (κ2) is 6.38. The first-order valence-corrected chi connectivity index (χ1v) is 7.54. The molecule has 1 unspecified atom stereocenters. The number of aromatic nitrogens is 1. The molecule has 0 amide bonds. The van der Waals surface area contributed by atoms with E-state index in [0.717, 1.165) is 23.6 Å². The number of anilines is 1. The summed E-state index contributed by atoms with van der Waals surface area (Å²) in [5, 5.41) is 9.44. The first-order chi connectivity index (χ1) is 9.15. The number of aliphatic hydroxyl groups is 1. The summed E-state index contributed by atoms with van der Waals surface area (Å²) in [5.41, 5.74) is 2.07. The molecule has 1 aliphatic rings. The van der Waals surface area contributed by atoms with E-state index in [0.29, 0.717) is 12.0 Å². The SMILES string of the molecule is CCC1CCCCN1c1cc(CO)cc(C(C)C)n1. The molecule has 1 saturated heterocycles. The van der Waals surface area contributed by atoms with Crippen molar-refractivity contribution in [1.29, 1.82) is 0 Å². The van der Waals surface area contributed by atoms with Crippen molar-refractivity contribution < 1.29 is 5.11 Å². The molecule has 0 aliphatic carbocycles. The number of piperidine rings is 1. The Morgan fingerprint density at radius 1 is 1.37 bits per heavy atom. The fraction of sp³-hybridized carbons (Fsp3) is 0.688. The average molecular weight is 262 g/mol. The summed E-state index contributed by atoms with van der Waals surface area (Å²) in [4.78, 5) is 7.26. The Morgan fingerprint density at radius 3 is 2.79 bits per heavy atom. The zero-order chi connectivity index (χ0) is 13.8. The quantitative estimate of drug-likeness (QED) is 0.902. The van der Waals surface area contributed by atoms with E-state index in [1.165, 1.54) is 25.7 Å². The first-order valence-electron chi connectivity index (χ1n) is 7.54. The highest BCUT2D eigenvalue weighted by Gasteiger charge is 2.22. The summed E-state index contributed by atoms with van der Waals surface area (Å²) >= 11 is 0. The van der Waals surface area contributed by atoms with Gasteiger partial charge >= 0.3 is 0 Å². The lowest BCUT2D eigenvalue weighted by Gasteiger charge is -2.36. The lowest BCUT2D eigenvalue weighted by molar-refractivity contribution is 0.281. The number of rotatable bonds is 4. The maximum absolute atomic E-state index is 9.44. The predicted octanol–water partition coefficient (Wildman–Crippen LogP) is 3.47. The molecule has 0 saturated carbocycles. The van der Waals surface area contributed by atoms with Gasteiger partial charge in [-0.05, 0) is 49.3 Å². The monoisotopic (exact) mass is 262 g/mol. The van der Waals surface area contributed by atoms with Gasteiger partial charge in [-0.15, -0.1) is 0 Å². The molecule has 2 heterocycles. The maximum atomic E-state index is 9.44. The molecule has 0 spiro atoms. The molecule has 0 aromatic carbocycles. The Labute approximate surface area is 116 Å². The number of aliphatic hydroxyl groups excluding tert-OH is 1. The smallest absolute Gasteiger partial charge is 0.129 e. The second-order valence-electron chi connectivity index (χ2n) is 5.82. The molecule has 1 aromatic rings. The minimum absolute atomic E-state index is 0.0971. The lowest BCUT2D eigenvalue weighted by Crippen LogP contribution is -2.39. The molecule has 1 aromatic heterocycles. The normalized spacial score (nSPS) is 20.1. The van der Waals surface area contributed by atoms with Crippen molar-refractivity contribution in [3.05, 3.63) is 23.4 Å². The van der Waals surface area contributed by atoms with Crippen molar-refractivity contribution in [2.45, 2.75) is 65.0 Å². The van der Waals surface area contributed by atoms with E-state index in [-0.39, 0.29) is 6.61 Å². The van der Waals surface area contributed by atoms with E-state index in [1.54, 1.807) is 0 Å². The minimum Gasteiger partial charge on any atom is -0.392 e. The minimum atomic E-state index is 0.0971. The van der Waals surface area contributed by atoms with Gasteiger partial charge in [0.25, 0.3) is 0 Å². The average Bonchev–Trinajstić information content (AvgIpc) is 2.46. The Hall–Kier alpha value is -1.09. The van der Waals surface area contributed by atoms with Crippen LogP contribution in [0.5, 0.6) is 0 Å². The summed E-state index contributed by atoms with van der Waals surface area (Å²) < 4.78 is 0. The third-order valence-electron chi connectivity index (χ3n) is 4.06. The van der Waals surface area contributed by atoms with E-state index < -0.39 is 0 Å². The summed E-state index contributed by atoms with van der Waals surface area (Å²) in [5.74, 6) is 1.46. The van der Waals surface area contributed by atoms with Gasteiger partial charge in [0.1, 0.15) is 5.82 Å². The highest BCUT2D eigenvalue weighted by Crippen LogP contribution is 2.27. The van der Waals surface area contributed by atoms with Crippen molar-refractivity contribution in [3.63, 3.8) is 0 Å². The van der Waals surface area contributed by atoms with Gasteiger partial charge in [0.15, 0.2) is 0 Å². The van der Waals surface area contributed by atoms with Crippen molar-refractivity contribution >= 4 is 5.82 Å². The number of hydrogen-bond donors (Lipinski definition) is 1. The summed E-state index contributed by atoms with van der Waals surface area (Å²) in [6.45, 7) is 7.75. The van der Waals surface area contributed by atoms with Crippen LogP contribution in [-0.2, 0) is 6.61 Å². The first kappa shape index (κ1) is 14.3. The highest BCUT2D eigenvalue weighted by atomic mass is 16.3. The molecule has 0 radical (unpaired) electrons. The molecule has 3 heteroatoms. The summed E-state index contributed by atoms with van der Waals surface area (Å²) in [6.07, 6.45) is 5.00. The van der Waals surface area contributed by atoms with Crippen LogP contribution in [0.3, 0.4) is 0 Å². The Kier molecular flexibility index (Phi) is 4.81. The third-order valence-corrected chi connectivity index (χ3v) is 4.06. The highest BCUT2D eigenvalue weighted by molar-refractivity contribution is 5.44. The van der Waals surface area contributed by atoms with Crippen molar-refractivity contribution in [3.8, 4) is 0 Å². The van der Waals surface area contributed by atoms with Gasteiger partial charge in [-0.1, -0.05) is 20.8 Å². The van der Waals surface area contributed by atoms with Gasteiger partial charge in [0, 0.05) is 18.3 Å². The van der Waals surface area contributed by atoms with Crippen LogP contribution in [0.2, 0.25) is 0 Å². The van der Waals surface area contributed by atoms with Crippen LogP contribution in [-0.4, -0.2) is 22.7 Å². The van der Waals surface area contributed by atoms with E-state index in [4.69, 9.17) is 4.98 Å². The second-order valence-corrected chi connectivity index (χ2v) is 5.82. The summed E-state index contributed by atoms with van der Waals surface area (Å²) in [6, 6.07) is 4.69. The number of nitrogens with zero attached hydrogens (tertiary/aromatic N) is 2. The van der Waals surface area contributed by atoms with E-state index in [2.05, 4.69) is 31.7 Å². The molecule has 1 atom stereocenters. The van der Waals surface area contributed by atoms with Crippen LogP contribution in [0.4, 0.5) is 5.82 Å². The van der Waals surface area contributed by atoms with Crippen LogP contribution in [0.15, 0.2) is 12.1 Å². The molecular weight excluding hydrogens is 236 g/mol. The van der Waals surface area contributed by atoms with Crippen molar-refractivity contribution in [2.24, 2.45) is 0 Å². The van der Waals surface area contributed by atoms with Crippen LogP contribution in [0, 0.1) is 0 Å². The molecule has 2 rings (SSSR count). The van der Waals surface area contributed by atoms with E-state index >= 15 is 0 Å². The van der Waals surface area contributed by atoms with Crippen LogP contribution >= 0.6 is 0 Å². The molecule has 1 fully saturated rings. The molecule has 0 bridgehead atoms. The van der Waals surface area contributed by atoms with Crippen LogP contribution in [0.1, 0.15) is 63.6 Å². The Balaban J connectivity index is 2.33. The topological polar surface area (TPSA) is 36.4 Å². The molecule has 1 aliphatic heterocycles. The Bertz CT molecular complexity index is 417. The summed E-state index contributed by atoms with van der Waals surface area (Å²) in [7, 11) is 0. The fourth-order valence-electron chi connectivity index (χ4n) is 2.86. The molecule has 3 nitrogen and oxygen atoms in total. The maximum Gasteiger partial charge on any atom is 0.129 e. The lowest BCUT2D eigenvalue weighted by atomic mass is 9.99. The largest absolute Gasteiger partial charge is 0.392 e. The van der Waals surface area contributed by atoms with E-state index in [9.17, 15) is 5.11 Å². The molecule has 19 heavy (non-hydrogen) atoms. The van der Waals surface area contributed by atoms with Gasteiger partial charge < -0.3 is 10.0 Å². The zero-order valence-electron chi connectivity index (χ0n) is 12.4. The van der Waals surface area contributed by atoms with Gasteiger partial charge in [-0.3, -0.25) is 0 Å². The zero-order valence-corrected chi connectivity index (χ0v) is 12.4. The van der Waals surface area contributed by atoms with Gasteiger partial charge in [0.05, 0.1) is 6.61 Å². The molecule has 1 N–H and O–H groups in total. The van der Waals surface area contributed by atoms with Gasteiger partial charge in [0.2, 0.25) is 0 Å². The van der Waals surface area contributed by atoms with Crippen molar-refractivity contribution in [2.75, 3.05) is 11.4 Å². The third kappa shape index (κ3) is 3.27. The number of pyridine rings is 1. The predicted molar refractivity (Wildman–Crippen MR) is 79.5 cm³/mol. The van der Waals surface area contributed by atoms with E-state index in [1.807, 2.05) is 6.07 Å². The van der Waals surface area contributed by atoms with Gasteiger partial charge in [-0.25, -0.2) is 4.98 Å². The van der Waals surface area contributed by atoms with Gasteiger partial charge in [-0.2, -0.15) is 0 Å². The van der Waals surface area contributed by atoms with Crippen LogP contribution in [0.25, 0.3) is 0 Å².